The van der Waals surface area contributed by atoms with Crippen LogP contribution in [0.5, 0.6) is 0 Å². The van der Waals surface area contributed by atoms with Crippen molar-refractivity contribution in [3.8, 4) is 0 Å². The third kappa shape index (κ3) is 4.14. The molecule has 1 aromatic carbocycles. The zero-order valence-electron chi connectivity index (χ0n) is 17.8. The third-order valence-corrected chi connectivity index (χ3v) is 6.66. The molecule has 1 aromatic heterocycles. The topological polar surface area (TPSA) is 121 Å². The SMILES string of the molecule is CC1(c2noc(C(=O)NCc3ccc(C4CCNC5NC(=O)NC54)cc3C(F)(F)F)n2)CC1. The van der Waals surface area contributed by atoms with Gasteiger partial charge in [-0.2, -0.15) is 18.2 Å². The molecule has 0 spiro atoms. The molecule has 176 valence electrons. The lowest BCUT2D eigenvalue weighted by Gasteiger charge is -2.34. The average molecular weight is 464 g/mol. The maximum atomic E-state index is 13.9. The summed E-state index contributed by atoms with van der Waals surface area (Å²) in [5, 5.41) is 14.9. The molecule has 3 atom stereocenters. The second-order valence-electron chi connectivity index (χ2n) is 9.05. The molecule has 33 heavy (non-hydrogen) atoms. The Balaban J connectivity index is 1.34. The van der Waals surface area contributed by atoms with E-state index in [1.165, 1.54) is 6.07 Å². The Kier molecular flexibility index (Phi) is 5.07. The van der Waals surface area contributed by atoms with E-state index in [9.17, 15) is 22.8 Å². The van der Waals surface area contributed by atoms with E-state index in [1.807, 2.05) is 6.92 Å². The smallest absolute Gasteiger partial charge is 0.344 e. The van der Waals surface area contributed by atoms with Crippen LogP contribution in [0.3, 0.4) is 0 Å². The van der Waals surface area contributed by atoms with Gasteiger partial charge < -0.3 is 20.5 Å². The summed E-state index contributed by atoms with van der Waals surface area (Å²) in [5.74, 6) is -0.841. The highest BCUT2D eigenvalue weighted by molar-refractivity contribution is 5.89. The van der Waals surface area contributed by atoms with Crippen LogP contribution in [0.25, 0.3) is 0 Å². The third-order valence-electron chi connectivity index (χ3n) is 6.66. The molecule has 1 aliphatic carbocycles. The number of nitrogens with one attached hydrogen (secondary N) is 4. The number of hydrogen-bond acceptors (Lipinski definition) is 6. The van der Waals surface area contributed by atoms with Crippen LogP contribution in [0.2, 0.25) is 0 Å². The summed E-state index contributed by atoms with van der Waals surface area (Å²) in [5.41, 5.74) is -0.613. The number of hydrogen-bond donors (Lipinski definition) is 4. The highest BCUT2D eigenvalue weighted by Gasteiger charge is 2.44. The van der Waals surface area contributed by atoms with Crippen LogP contribution in [-0.2, 0) is 18.1 Å². The van der Waals surface area contributed by atoms with Gasteiger partial charge in [0.1, 0.15) is 6.17 Å². The lowest BCUT2D eigenvalue weighted by molar-refractivity contribution is -0.138. The molecule has 3 amide bonds. The van der Waals surface area contributed by atoms with Crippen molar-refractivity contribution in [1.82, 2.24) is 31.4 Å². The van der Waals surface area contributed by atoms with E-state index >= 15 is 0 Å². The van der Waals surface area contributed by atoms with Gasteiger partial charge in [-0.1, -0.05) is 24.2 Å². The molecule has 2 aliphatic heterocycles. The number of piperidine rings is 1. The first kappa shape index (κ1) is 21.7. The van der Waals surface area contributed by atoms with Gasteiger partial charge in [-0.05, 0) is 43.0 Å². The van der Waals surface area contributed by atoms with Crippen LogP contribution in [0, 0.1) is 0 Å². The minimum atomic E-state index is -4.61. The molecule has 0 bridgehead atoms. The minimum Gasteiger partial charge on any atom is -0.344 e. The number of rotatable bonds is 5. The van der Waals surface area contributed by atoms with E-state index in [4.69, 9.17) is 4.52 Å². The molecule has 4 N–H and O–H groups in total. The first-order chi connectivity index (χ1) is 15.6. The summed E-state index contributed by atoms with van der Waals surface area (Å²) < 4.78 is 46.6. The van der Waals surface area contributed by atoms with Gasteiger partial charge in [0.25, 0.3) is 0 Å². The summed E-state index contributed by atoms with van der Waals surface area (Å²) >= 11 is 0. The predicted octanol–water partition coefficient (Wildman–Crippen LogP) is 2.15. The predicted molar refractivity (Wildman–Crippen MR) is 108 cm³/mol. The van der Waals surface area contributed by atoms with E-state index in [0.29, 0.717) is 24.4 Å². The number of carbonyl (C=O) groups is 2. The van der Waals surface area contributed by atoms with E-state index in [0.717, 1.165) is 18.9 Å². The molecule has 1 saturated carbocycles. The van der Waals surface area contributed by atoms with E-state index < -0.39 is 17.6 Å². The monoisotopic (exact) mass is 464 g/mol. The van der Waals surface area contributed by atoms with Gasteiger partial charge >= 0.3 is 24.0 Å². The molecule has 2 aromatic rings. The number of halogens is 3. The van der Waals surface area contributed by atoms with Crippen LogP contribution in [0.4, 0.5) is 18.0 Å². The van der Waals surface area contributed by atoms with Crippen molar-refractivity contribution in [3.63, 3.8) is 0 Å². The Bertz CT molecular complexity index is 1100. The summed E-state index contributed by atoms with van der Waals surface area (Å²) in [6, 6.07) is 3.40. The number of benzene rings is 1. The van der Waals surface area contributed by atoms with Crippen molar-refractivity contribution < 1.29 is 27.3 Å². The normalized spacial score (nSPS) is 25.7. The van der Waals surface area contributed by atoms with Crippen molar-refractivity contribution in [2.45, 2.75) is 62.4 Å². The summed E-state index contributed by atoms with van der Waals surface area (Å²) in [4.78, 5) is 28.1. The number of fused-ring (bicyclic) bond motifs is 1. The fourth-order valence-electron chi connectivity index (χ4n) is 4.43. The van der Waals surface area contributed by atoms with Crippen LogP contribution in [-0.4, -0.2) is 40.8 Å². The molecular formula is C21H23F3N6O3. The molecule has 3 aliphatic rings. The molecule has 12 heteroatoms. The Hall–Kier alpha value is -3.15. The zero-order chi connectivity index (χ0) is 23.4. The van der Waals surface area contributed by atoms with Gasteiger partial charge in [-0.15, -0.1) is 0 Å². The standard InChI is InChI=1S/C21H23F3N6O3/c1-20(5-6-20)18-29-17(33-30-18)16(31)26-9-11-3-2-10(8-13(11)21(22,23)24)12-4-7-25-15-14(12)27-19(32)28-15/h2-3,8,12,14-15,25H,4-7,9H2,1H3,(H,26,31)(H2,27,28,32). The summed E-state index contributed by atoms with van der Waals surface area (Å²) in [6.07, 6.45) is -2.57. The van der Waals surface area contributed by atoms with Gasteiger partial charge in [0.2, 0.25) is 0 Å². The molecular weight excluding hydrogens is 441 g/mol. The molecule has 9 nitrogen and oxygen atoms in total. The molecule has 0 radical (unpaired) electrons. The highest BCUT2D eigenvalue weighted by Crippen LogP contribution is 2.46. The first-order valence-electron chi connectivity index (χ1n) is 10.8. The summed E-state index contributed by atoms with van der Waals surface area (Å²) in [6.45, 7) is 2.17. The number of nitrogens with zero attached hydrogens (tertiary/aromatic N) is 2. The van der Waals surface area contributed by atoms with Crippen molar-refractivity contribution in [3.05, 3.63) is 46.6 Å². The van der Waals surface area contributed by atoms with Gasteiger partial charge in [-0.3, -0.25) is 10.1 Å². The van der Waals surface area contributed by atoms with Crippen LogP contribution >= 0.6 is 0 Å². The van der Waals surface area contributed by atoms with Gasteiger partial charge in [0, 0.05) is 17.9 Å². The van der Waals surface area contributed by atoms with Gasteiger partial charge in [-0.25, -0.2) is 4.79 Å². The zero-order valence-corrected chi connectivity index (χ0v) is 17.8. The number of alkyl halides is 3. The fourth-order valence-corrected chi connectivity index (χ4v) is 4.43. The lowest BCUT2D eigenvalue weighted by Crippen LogP contribution is -2.53. The molecule has 3 unspecified atom stereocenters. The lowest BCUT2D eigenvalue weighted by atomic mass is 9.83. The molecule has 5 rings (SSSR count). The number of urea groups is 1. The van der Waals surface area contributed by atoms with Crippen LogP contribution in [0.15, 0.2) is 22.7 Å². The maximum absolute atomic E-state index is 13.9. The second kappa shape index (κ2) is 7.72. The van der Waals surface area contributed by atoms with Crippen LogP contribution in [0.1, 0.15) is 65.3 Å². The highest BCUT2D eigenvalue weighted by atomic mass is 19.4. The number of aromatic nitrogens is 2. The average Bonchev–Trinajstić information content (AvgIpc) is 3.17. The number of carbonyl (C=O) groups excluding carboxylic acids is 2. The number of amides is 3. The quantitative estimate of drug-likeness (QED) is 0.538. The first-order valence-corrected chi connectivity index (χ1v) is 10.8. The molecule has 2 saturated heterocycles. The minimum absolute atomic E-state index is 0.0763. The Morgan fingerprint density at radius 3 is 2.82 bits per heavy atom. The van der Waals surface area contributed by atoms with Gasteiger partial charge in [0.15, 0.2) is 5.82 Å². The van der Waals surface area contributed by atoms with Crippen molar-refractivity contribution >= 4 is 11.9 Å². The van der Waals surface area contributed by atoms with E-state index in [1.54, 1.807) is 6.07 Å². The Morgan fingerprint density at radius 1 is 1.30 bits per heavy atom. The molecule has 3 heterocycles. The fraction of sp³-hybridized carbons (Fsp3) is 0.524. The van der Waals surface area contributed by atoms with E-state index in [-0.39, 0.29) is 47.6 Å². The van der Waals surface area contributed by atoms with Crippen molar-refractivity contribution in [1.29, 1.82) is 0 Å². The van der Waals surface area contributed by atoms with Crippen molar-refractivity contribution in [2.75, 3.05) is 6.54 Å². The second-order valence-corrected chi connectivity index (χ2v) is 9.05. The Labute approximate surface area is 186 Å². The van der Waals surface area contributed by atoms with E-state index in [2.05, 4.69) is 31.4 Å². The maximum Gasteiger partial charge on any atom is 0.416 e. The Morgan fingerprint density at radius 2 is 2.09 bits per heavy atom. The summed E-state index contributed by atoms with van der Waals surface area (Å²) in [7, 11) is 0. The molecule has 3 fully saturated rings. The van der Waals surface area contributed by atoms with Crippen LogP contribution < -0.4 is 21.3 Å². The van der Waals surface area contributed by atoms with Gasteiger partial charge in [0.05, 0.1) is 11.6 Å². The largest absolute Gasteiger partial charge is 0.416 e. The van der Waals surface area contributed by atoms with Crippen molar-refractivity contribution in [2.24, 2.45) is 0 Å².